The molecule has 0 N–H and O–H groups in total. The van der Waals surface area contributed by atoms with Gasteiger partial charge in [0.15, 0.2) is 5.78 Å². The van der Waals surface area contributed by atoms with Crippen molar-refractivity contribution in [3.8, 4) is 0 Å². The van der Waals surface area contributed by atoms with E-state index >= 15 is 0 Å². The summed E-state index contributed by atoms with van der Waals surface area (Å²) < 4.78 is 1.95. The van der Waals surface area contributed by atoms with Crippen molar-refractivity contribution in [1.29, 1.82) is 0 Å². The maximum atomic E-state index is 11.8. The third-order valence-corrected chi connectivity index (χ3v) is 4.55. The van der Waals surface area contributed by atoms with Crippen LogP contribution in [0.5, 0.6) is 0 Å². The first-order valence-corrected chi connectivity index (χ1v) is 7.53. The van der Waals surface area contributed by atoms with Crippen molar-refractivity contribution in [1.82, 2.24) is 0 Å². The highest BCUT2D eigenvalue weighted by Crippen LogP contribution is 2.32. The summed E-state index contributed by atoms with van der Waals surface area (Å²) in [4.78, 5) is 11.8. The molecule has 0 fully saturated rings. The van der Waals surface area contributed by atoms with E-state index in [1.807, 2.05) is 6.07 Å². The summed E-state index contributed by atoms with van der Waals surface area (Å²) in [5.41, 5.74) is 0.823. The van der Waals surface area contributed by atoms with Gasteiger partial charge in [-0.3, -0.25) is 4.79 Å². The van der Waals surface area contributed by atoms with Crippen LogP contribution in [0.1, 0.15) is 49.4 Å². The van der Waals surface area contributed by atoms with E-state index < -0.39 is 0 Å². The van der Waals surface area contributed by atoms with Crippen molar-refractivity contribution in [2.24, 2.45) is 0 Å². The Hall–Kier alpha value is 0.330. The Kier molecular flexibility index (Phi) is 6.09. The van der Waals surface area contributed by atoms with Crippen molar-refractivity contribution < 1.29 is 4.79 Å². The van der Waals surface area contributed by atoms with Gasteiger partial charge in [-0.05, 0) is 44.3 Å². The fraction of sp³-hybridized carbons (Fsp3) is 0.545. The lowest BCUT2D eigenvalue weighted by molar-refractivity contribution is 0.0979. The lowest BCUT2D eigenvalue weighted by atomic mass is 10.1. The van der Waals surface area contributed by atoms with E-state index in [1.54, 1.807) is 11.3 Å². The monoisotopic (exact) mass is 352 g/mol. The molecule has 84 valence electrons. The minimum atomic E-state index is 0.250. The van der Waals surface area contributed by atoms with Gasteiger partial charge in [0.1, 0.15) is 0 Å². The summed E-state index contributed by atoms with van der Waals surface area (Å²) in [6.45, 7) is 2.17. The van der Waals surface area contributed by atoms with Gasteiger partial charge in [-0.15, -0.1) is 11.3 Å². The van der Waals surface area contributed by atoms with Crippen molar-refractivity contribution in [2.75, 3.05) is 0 Å². The van der Waals surface area contributed by atoms with E-state index in [1.165, 1.54) is 12.8 Å². The van der Waals surface area contributed by atoms with Crippen LogP contribution in [0.25, 0.3) is 0 Å². The van der Waals surface area contributed by atoms with Gasteiger partial charge < -0.3 is 0 Å². The standard InChI is InChI=1S/C11H14Br2OS/c1-2-3-4-5-6-9(14)8-7-10(12)15-11(8)13/h7H,2-6H2,1H3. The van der Waals surface area contributed by atoms with Crippen molar-refractivity contribution >= 4 is 49.0 Å². The lowest BCUT2D eigenvalue weighted by Gasteiger charge is -1.98. The minimum absolute atomic E-state index is 0.250. The van der Waals surface area contributed by atoms with E-state index in [0.717, 1.165) is 26.0 Å². The molecule has 1 heterocycles. The van der Waals surface area contributed by atoms with Gasteiger partial charge in [-0.25, -0.2) is 0 Å². The predicted octanol–water partition coefficient (Wildman–Crippen LogP) is 5.43. The SMILES string of the molecule is CCCCCCC(=O)c1cc(Br)sc1Br. The molecule has 1 aromatic heterocycles. The molecule has 0 aliphatic heterocycles. The van der Waals surface area contributed by atoms with Crippen LogP contribution in [0.4, 0.5) is 0 Å². The summed E-state index contributed by atoms with van der Waals surface area (Å²) in [6, 6.07) is 1.90. The molecule has 0 unspecified atom stereocenters. The molecule has 0 saturated carbocycles. The minimum Gasteiger partial charge on any atom is -0.294 e. The summed E-state index contributed by atoms with van der Waals surface area (Å²) in [5.74, 6) is 0.250. The number of unbranched alkanes of at least 4 members (excludes halogenated alkanes) is 3. The maximum Gasteiger partial charge on any atom is 0.164 e. The van der Waals surface area contributed by atoms with E-state index in [0.29, 0.717) is 6.42 Å². The first-order chi connectivity index (χ1) is 7.15. The molecule has 0 saturated heterocycles. The molecule has 0 atom stereocenters. The summed E-state index contributed by atoms with van der Waals surface area (Å²) >= 11 is 8.34. The maximum absolute atomic E-state index is 11.8. The van der Waals surface area contributed by atoms with Crippen molar-refractivity contribution in [2.45, 2.75) is 39.0 Å². The molecule has 0 aliphatic rings. The molecule has 0 amide bonds. The lowest BCUT2D eigenvalue weighted by Crippen LogP contribution is -1.97. The predicted molar refractivity (Wildman–Crippen MR) is 72.8 cm³/mol. The largest absolute Gasteiger partial charge is 0.294 e. The van der Waals surface area contributed by atoms with Crippen molar-refractivity contribution in [3.63, 3.8) is 0 Å². The smallest absolute Gasteiger partial charge is 0.164 e. The van der Waals surface area contributed by atoms with Crippen LogP contribution >= 0.6 is 43.2 Å². The Labute approximate surface area is 112 Å². The highest BCUT2D eigenvalue weighted by Gasteiger charge is 2.12. The molecule has 0 aromatic carbocycles. The van der Waals surface area contributed by atoms with Crippen molar-refractivity contribution in [3.05, 3.63) is 19.2 Å². The number of carbonyl (C=O) groups is 1. The van der Waals surface area contributed by atoms with Crippen LogP contribution in [0.2, 0.25) is 0 Å². The normalized spacial score (nSPS) is 10.6. The Morgan fingerprint density at radius 1 is 1.33 bits per heavy atom. The second-order valence-electron chi connectivity index (χ2n) is 3.47. The summed E-state index contributed by atoms with van der Waals surface area (Å²) in [6.07, 6.45) is 5.27. The van der Waals surface area contributed by atoms with Crippen LogP contribution < -0.4 is 0 Å². The Morgan fingerprint density at radius 2 is 2.07 bits per heavy atom. The second-order valence-corrected chi connectivity index (χ2v) is 7.22. The number of carbonyl (C=O) groups excluding carboxylic acids is 1. The van der Waals surface area contributed by atoms with E-state index in [-0.39, 0.29) is 5.78 Å². The molecule has 1 rings (SSSR count). The topological polar surface area (TPSA) is 17.1 Å². The number of rotatable bonds is 6. The van der Waals surface area contributed by atoms with Gasteiger partial charge >= 0.3 is 0 Å². The Morgan fingerprint density at radius 3 is 2.60 bits per heavy atom. The number of thiophene rings is 1. The fourth-order valence-electron chi connectivity index (χ4n) is 1.38. The number of ketones is 1. The number of hydrogen-bond donors (Lipinski definition) is 0. The Bertz CT molecular complexity index is 333. The third kappa shape index (κ3) is 4.37. The van der Waals surface area contributed by atoms with Gasteiger partial charge in [0.25, 0.3) is 0 Å². The fourth-order valence-corrected chi connectivity index (χ4v) is 4.23. The number of Topliss-reactive ketones (excluding diaryl/α,β-unsaturated/α-hetero) is 1. The Balaban J connectivity index is 2.43. The van der Waals surface area contributed by atoms with Crippen LogP contribution in [0, 0.1) is 0 Å². The average molecular weight is 354 g/mol. The number of halogens is 2. The van der Waals surface area contributed by atoms with Gasteiger partial charge in [-0.2, -0.15) is 0 Å². The van der Waals surface area contributed by atoms with Gasteiger partial charge in [0.05, 0.1) is 7.57 Å². The molecular formula is C11H14Br2OS. The van der Waals surface area contributed by atoms with Gasteiger partial charge in [0.2, 0.25) is 0 Å². The molecule has 0 aliphatic carbocycles. The molecule has 1 nitrogen and oxygen atoms in total. The third-order valence-electron chi connectivity index (χ3n) is 2.21. The van der Waals surface area contributed by atoms with Crippen LogP contribution in [0.15, 0.2) is 13.6 Å². The molecular weight excluding hydrogens is 340 g/mol. The van der Waals surface area contributed by atoms with Crippen LogP contribution in [0.3, 0.4) is 0 Å². The summed E-state index contributed by atoms with van der Waals surface area (Å²) in [5, 5.41) is 0. The molecule has 0 spiro atoms. The molecule has 0 bridgehead atoms. The molecule has 15 heavy (non-hydrogen) atoms. The average Bonchev–Trinajstić information content (AvgIpc) is 2.52. The van der Waals surface area contributed by atoms with Crippen LogP contribution in [-0.2, 0) is 0 Å². The molecule has 1 aromatic rings. The first kappa shape index (κ1) is 13.4. The highest BCUT2D eigenvalue weighted by molar-refractivity contribution is 9.12. The van der Waals surface area contributed by atoms with Crippen LogP contribution in [-0.4, -0.2) is 5.78 Å². The summed E-state index contributed by atoms with van der Waals surface area (Å²) in [7, 11) is 0. The zero-order valence-electron chi connectivity index (χ0n) is 8.69. The van der Waals surface area contributed by atoms with E-state index in [2.05, 4.69) is 38.8 Å². The van der Waals surface area contributed by atoms with E-state index in [9.17, 15) is 4.79 Å². The second kappa shape index (κ2) is 6.81. The molecule has 0 radical (unpaired) electrons. The number of hydrogen-bond acceptors (Lipinski definition) is 2. The first-order valence-electron chi connectivity index (χ1n) is 5.13. The van der Waals surface area contributed by atoms with E-state index in [4.69, 9.17) is 0 Å². The van der Waals surface area contributed by atoms with Gasteiger partial charge in [0, 0.05) is 12.0 Å². The molecule has 4 heteroatoms. The highest BCUT2D eigenvalue weighted by atomic mass is 79.9. The zero-order valence-corrected chi connectivity index (χ0v) is 12.7. The van der Waals surface area contributed by atoms with Gasteiger partial charge in [-0.1, -0.05) is 26.2 Å². The zero-order chi connectivity index (χ0) is 11.3. The quantitative estimate of drug-likeness (QED) is 0.492.